The van der Waals surface area contributed by atoms with E-state index in [1.54, 1.807) is 24.3 Å². The van der Waals surface area contributed by atoms with Gasteiger partial charge in [0, 0.05) is 12.1 Å². The molecule has 0 radical (unpaired) electrons. The van der Waals surface area contributed by atoms with E-state index in [4.69, 9.17) is 24.7 Å². The van der Waals surface area contributed by atoms with Gasteiger partial charge in [-0.3, -0.25) is 4.72 Å². The molecule has 2 rings (SSSR count). The van der Waals surface area contributed by atoms with Crippen LogP contribution in [0.2, 0.25) is 0 Å². The molecule has 3 N–H and O–H groups in total. The fourth-order valence-electron chi connectivity index (χ4n) is 2.35. The molecule has 0 atom stereocenters. The highest BCUT2D eigenvalue weighted by Gasteiger charge is 2.13. The lowest BCUT2D eigenvalue weighted by Crippen LogP contribution is -2.09. The maximum absolute atomic E-state index is 12.4. The molecule has 0 aliphatic carbocycles. The Morgan fingerprint density at radius 2 is 1.48 bits per heavy atom. The number of nitrogens with two attached hydrogens (primary N) is 1. The number of anilines is 2. The van der Waals surface area contributed by atoms with Crippen molar-refractivity contribution in [1.29, 1.82) is 0 Å². The summed E-state index contributed by atoms with van der Waals surface area (Å²) in [4.78, 5) is 0. The zero-order valence-electron chi connectivity index (χ0n) is 15.5. The Morgan fingerprint density at radius 1 is 0.889 bits per heavy atom. The van der Waals surface area contributed by atoms with E-state index in [1.807, 2.05) is 0 Å². The number of hydrogen-bond acceptors (Lipinski definition) is 7. The minimum atomic E-state index is -3.80. The molecule has 0 saturated heterocycles. The molecule has 0 fully saturated rings. The second kappa shape index (κ2) is 8.54. The van der Waals surface area contributed by atoms with Crippen LogP contribution in [0.5, 0.6) is 23.0 Å². The van der Waals surface area contributed by atoms with Gasteiger partial charge in [0.25, 0.3) is 10.0 Å². The number of benzene rings is 2. The number of nitrogen functional groups attached to an aromatic ring is 1. The van der Waals surface area contributed by atoms with Gasteiger partial charge in [-0.25, -0.2) is 8.42 Å². The van der Waals surface area contributed by atoms with Gasteiger partial charge in [-0.05, 0) is 24.3 Å². The third-order valence-electron chi connectivity index (χ3n) is 3.66. The van der Waals surface area contributed by atoms with Crippen LogP contribution in [0.1, 0.15) is 5.56 Å². The number of hydrogen-bond donors (Lipinski definition) is 2. The molecule has 0 aliphatic heterocycles. The Labute approximate surface area is 158 Å². The van der Waals surface area contributed by atoms with Gasteiger partial charge in [0.05, 0.1) is 50.8 Å². The van der Waals surface area contributed by atoms with E-state index in [0.717, 1.165) is 5.41 Å². The summed E-state index contributed by atoms with van der Waals surface area (Å²) in [6.07, 6.45) is 1.38. The summed E-state index contributed by atoms with van der Waals surface area (Å²) in [6.45, 7) is 0. The Morgan fingerprint density at radius 3 is 1.96 bits per heavy atom. The maximum Gasteiger partial charge on any atom is 0.255 e. The van der Waals surface area contributed by atoms with E-state index in [0.29, 0.717) is 39.9 Å². The maximum atomic E-state index is 12.4. The predicted octanol–water partition coefficient (Wildman–Crippen LogP) is 2.72. The highest BCUT2D eigenvalue weighted by Crippen LogP contribution is 2.35. The minimum Gasteiger partial charge on any atom is -0.496 e. The van der Waals surface area contributed by atoms with Crippen LogP contribution < -0.4 is 29.4 Å². The van der Waals surface area contributed by atoms with Crippen molar-refractivity contribution in [2.24, 2.45) is 0 Å². The van der Waals surface area contributed by atoms with Gasteiger partial charge in [0.2, 0.25) is 0 Å². The summed E-state index contributed by atoms with van der Waals surface area (Å²) >= 11 is 0. The minimum absolute atomic E-state index is 0.312. The molecule has 146 valence electrons. The lowest BCUT2D eigenvalue weighted by molar-refractivity contribution is 0.374. The van der Waals surface area contributed by atoms with Crippen molar-refractivity contribution >= 4 is 27.5 Å². The number of ether oxygens (including phenoxy) is 4. The van der Waals surface area contributed by atoms with E-state index >= 15 is 0 Å². The molecule has 27 heavy (non-hydrogen) atoms. The van der Waals surface area contributed by atoms with Crippen LogP contribution in [-0.2, 0) is 10.0 Å². The van der Waals surface area contributed by atoms with Gasteiger partial charge in [0.15, 0.2) is 0 Å². The van der Waals surface area contributed by atoms with Crippen LogP contribution >= 0.6 is 0 Å². The van der Waals surface area contributed by atoms with Crippen molar-refractivity contribution in [3.63, 3.8) is 0 Å². The van der Waals surface area contributed by atoms with Gasteiger partial charge in [-0.1, -0.05) is 0 Å². The standard InChI is InChI=1S/C18H22N2O6S/c1-23-13-10-17(25-3)14(18(11-13)26-4)7-8-27(21,22)20-12-5-6-16(24-2)15(19)9-12/h5-11,20H,19H2,1-4H3/b8-7+. The summed E-state index contributed by atoms with van der Waals surface area (Å²) in [6, 6.07) is 7.86. The first-order valence-corrected chi connectivity index (χ1v) is 9.32. The Hall–Kier alpha value is -3.07. The molecule has 9 heteroatoms. The van der Waals surface area contributed by atoms with E-state index in [-0.39, 0.29) is 0 Å². The fourth-order valence-corrected chi connectivity index (χ4v) is 3.19. The van der Waals surface area contributed by atoms with Crippen LogP contribution in [0.15, 0.2) is 35.7 Å². The average molecular weight is 394 g/mol. The monoisotopic (exact) mass is 394 g/mol. The highest BCUT2D eigenvalue weighted by atomic mass is 32.2. The quantitative estimate of drug-likeness (QED) is 0.663. The van der Waals surface area contributed by atoms with E-state index in [1.165, 1.54) is 40.6 Å². The van der Waals surface area contributed by atoms with Gasteiger partial charge in [-0.2, -0.15) is 0 Å². The third-order valence-corrected chi connectivity index (χ3v) is 4.67. The predicted molar refractivity (Wildman–Crippen MR) is 105 cm³/mol. The summed E-state index contributed by atoms with van der Waals surface area (Å²) in [5, 5.41) is 1.01. The van der Waals surface area contributed by atoms with Gasteiger partial charge in [-0.15, -0.1) is 0 Å². The average Bonchev–Trinajstić information content (AvgIpc) is 2.65. The normalized spacial score (nSPS) is 11.3. The van der Waals surface area contributed by atoms with E-state index in [2.05, 4.69) is 4.72 Å². The number of methoxy groups -OCH3 is 4. The fraction of sp³-hybridized carbons (Fsp3) is 0.222. The molecule has 0 unspecified atom stereocenters. The first-order chi connectivity index (χ1) is 12.8. The topological polar surface area (TPSA) is 109 Å². The van der Waals surface area contributed by atoms with Crippen molar-refractivity contribution in [1.82, 2.24) is 0 Å². The zero-order valence-corrected chi connectivity index (χ0v) is 16.3. The van der Waals surface area contributed by atoms with Crippen molar-refractivity contribution < 1.29 is 27.4 Å². The third kappa shape index (κ3) is 4.98. The van der Waals surface area contributed by atoms with Crippen LogP contribution in [0.3, 0.4) is 0 Å². The SMILES string of the molecule is COc1cc(OC)c(/C=C/S(=O)(=O)Nc2ccc(OC)c(N)c2)c(OC)c1. The smallest absolute Gasteiger partial charge is 0.255 e. The lowest BCUT2D eigenvalue weighted by Gasteiger charge is -2.12. The van der Waals surface area contributed by atoms with Crippen LogP contribution in [0, 0.1) is 0 Å². The molecule has 0 heterocycles. The van der Waals surface area contributed by atoms with E-state index in [9.17, 15) is 8.42 Å². The molecular formula is C18H22N2O6S. The van der Waals surface area contributed by atoms with Crippen molar-refractivity contribution in [3.05, 3.63) is 41.3 Å². The molecule has 0 bridgehead atoms. The molecule has 0 saturated carbocycles. The highest BCUT2D eigenvalue weighted by molar-refractivity contribution is 7.95. The number of rotatable bonds is 8. The van der Waals surface area contributed by atoms with Gasteiger partial charge < -0.3 is 24.7 Å². The molecule has 2 aromatic rings. The van der Waals surface area contributed by atoms with Crippen LogP contribution in [0.25, 0.3) is 6.08 Å². The largest absolute Gasteiger partial charge is 0.496 e. The Kier molecular flexibility index (Phi) is 6.40. The molecule has 2 aromatic carbocycles. The first-order valence-electron chi connectivity index (χ1n) is 7.78. The summed E-state index contributed by atoms with van der Waals surface area (Å²) in [5.41, 5.74) is 6.89. The number of nitrogens with one attached hydrogen (secondary N) is 1. The Balaban J connectivity index is 2.32. The summed E-state index contributed by atoms with van der Waals surface area (Å²) in [5.74, 6) is 1.80. The molecule has 0 spiro atoms. The first kappa shape index (κ1) is 20.2. The molecule has 0 amide bonds. The van der Waals surface area contributed by atoms with Crippen molar-refractivity contribution in [2.45, 2.75) is 0 Å². The van der Waals surface area contributed by atoms with Crippen molar-refractivity contribution in [2.75, 3.05) is 38.9 Å². The molecule has 0 aliphatic rings. The molecule has 8 nitrogen and oxygen atoms in total. The zero-order chi connectivity index (χ0) is 20.0. The van der Waals surface area contributed by atoms with Gasteiger partial charge in [0.1, 0.15) is 23.0 Å². The summed E-state index contributed by atoms with van der Waals surface area (Å²) in [7, 11) is 2.13. The van der Waals surface area contributed by atoms with E-state index < -0.39 is 10.0 Å². The lowest BCUT2D eigenvalue weighted by atomic mass is 10.1. The molecule has 0 aromatic heterocycles. The van der Waals surface area contributed by atoms with Gasteiger partial charge >= 0.3 is 0 Å². The Bertz CT molecular complexity index is 916. The van der Waals surface area contributed by atoms with Crippen LogP contribution in [0.4, 0.5) is 11.4 Å². The van der Waals surface area contributed by atoms with Crippen molar-refractivity contribution in [3.8, 4) is 23.0 Å². The summed E-state index contributed by atoms with van der Waals surface area (Å²) < 4.78 is 48.0. The second-order valence-corrected chi connectivity index (χ2v) is 6.92. The van der Waals surface area contributed by atoms with Crippen LogP contribution in [-0.4, -0.2) is 36.9 Å². The second-order valence-electron chi connectivity index (χ2n) is 5.35. The molecular weight excluding hydrogens is 372 g/mol. The number of sulfonamides is 1.